The fourth-order valence-corrected chi connectivity index (χ4v) is 3.34. The molecule has 1 N–H and O–H groups in total. The maximum atomic E-state index is 6.34. The smallest absolute Gasteiger partial charge is 0.123 e. The topological polar surface area (TPSA) is 24.5 Å². The number of nitrogens with one attached hydrogen (secondary N) is 1. The molecular weight excluding hydrogens is 248 g/mol. The van der Waals surface area contributed by atoms with Gasteiger partial charge in [0.2, 0.25) is 0 Å². The first-order chi connectivity index (χ1) is 9.83. The van der Waals surface area contributed by atoms with Gasteiger partial charge in [-0.15, -0.1) is 0 Å². The molecule has 2 saturated heterocycles. The highest BCUT2D eigenvalue weighted by molar-refractivity contribution is 5.36. The van der Waals surface area contributed by atoms with Gasteiger partial charge in [-0.3, -0.25) is 0 Å². The van der Waals surface area contributed by atoms with Gasteiger partial charge in [-0.05, 0) is 63.4 Å². The summed E-state index contributed by atoms with van der Waals surface area (Å²) in [5, 5.41) is 3.44. The molecule has 0 amide bonds. The second-order valence-corrected chi connectivity index (χ2v) is 6.18. The molecule has 1 aromatic rings. The lowest BCUT2D eigenvalue weighted by Crippen LogP contribution is -2.36. The summed E-state index contributed by atoms with van der Waals surface area (Å²) in [5.74, 6) is 1.80. The van der Waals surface area contributed by atoms with Crippen molar-refractivity contribution in [3.05, 3.63) is 29.8 Å². The second-order valence-electron chi connectivity index (χ2n) is 6.18. The molecule has 3 heteroatoms. The van der Waals surface area contributed by atoms with E-state index >= 15 is 0 Å². The molecule has 2 aliphatic heterocycles. The van der Waals surface area contributed by atoms with Crippen molar-refractivity contribution in [1.29, 1.82) is 0 Å². The number of benzene rings is 1. The van der Waals surface area contributed by atoms with Gasteiger partial charge in [0.05, 0.1) is 0 Å². The van der Waals surface area contributed by atoms with Gasteiger partial charge in [0.15, 0.2) is 0 Å². The Balaban J connectivity index is 1.69. The van der Waals surface area contributed by atoms with Crippen molar-refractivity contribution in [2.45, 2.75) is 37.7 Å². The zero-order valence-corrected chi connectivity index (χ0v) is 12.5. The van der Waals surface area contributed by atoms with E-state index in [4.69, 9.17) is 4.74 Å². The highest BCUT2D eigenvalue weighted by Gasteiger charge is 2.22. The van der Waals surface area contributed by atoms with Crippen LogP contribution < -0.4 is 10.1 Å². The summed E-state index contributed by atoms with van der Waals surface area (Å²) in [6, 6.07) is 8.68. The minimum atomic E-state index is 0.397. The van der Waals surface area contributed by atoms with E-state index in [9.17, 15) is 0 Å². The molecule has 0 spiro atoms. The van der Waals surface area contributed by atoms with Crippen molar-refractivity contribution in [2.75, 3.05) is 33.2 Å². The largest absolute Gasteiger partial charge is 0.490 e. The standard InChI is InChI=1S/C17H26N2O/c1-19-12-8-15(9-13-19)20-17-5-3-2-4-16(17)14-6-10-18-11-7-14/h2-5,14-15,18H,6-13H2,1H3. The van der Waals surface area contributed by atoms with Gasteiger partial charge in [0, 0.05) is 13.1 Å². The third-order valence-electron chi connectivity index (χ3n) is 4.66. The van der Waals surface area contributed by atoms with Crippen LogP contribution in [0.1, 0.15) is 37.2 Å². The first-order valence-corrected chi connectivity index (χ1v) is 7.98. The molecule has 2 heterocycles. The van der Waals surface area contributed by atoms with E-state index in [1.54, 1.807) is 0 Å². The molecule has 1 aromatic carbocycles. The molecule has 3 rings (SSSR count). The molecule has 0 aliphatic carbocycles. The van der Waals surface area contributed by atoms with Crippen LogP contribution >= 0.6 is 0 Å². The molecule has 0 aromatic heterocycles. The van der Waals surface area contributed by atoms with Crippen molar-refractivity contribution in [3.8, 4) is 5.75 Å². The van der Waals surface area contributed by atoms with Crippen LogP contribution in [0, 0.1) is 0 Å². The molecule has 0 bridgehead atoms. The molecule has 0 radical (unpaired) electrons. The summed E-state index contributed by atoms with van der Waals surface area (Å²) in [5.41, 5.74) is 1.42. The van der Waals surface area contributed by atoms with E-state index in [1.165, 1.54) is 18.4 Å². The summed E-state index contributed by atoms with van der Waals surface area (Å²) in [4.78, 5) is 2.39. The Morgan fingerprint density at radius 2 is 1.75 bits per heavy atom. The van der Waals surface area contributed by atoms with E-state index in [0.717, 1.165) is 44.8 Å². The molecule has 3 nitrogen and oxygen atoms in total. The number of piperidine rings is 2. The highest BCUT2D eigenvalue weighted by Crippen LogP contribution is 2.33. The molecule has 0 saturated carbocycles. The van der Waals surface area contributed by atoms with Crippen LogP contribution in [-0.2, 0) is 0 Å². The molecular formula is C17H26N2O. The van der Waals surface area contributed by atoms with E-state index in [0.29, 0.717) is 12.0 Å². The van der Waals surface area contributed by atoms with Gasteiger partial charge < -0.3 is 15.0 Å². The monoisotopic (exact) mass is 274 g/mol. The van der Waals surface area contributed by atoms with Gasteiger partial charge in [-0.25, -0.2) is 0 Å². The number of para-hydroxylation sites is 1. The fraction of sp³-hybridized carbons (Fsp3) is 0.647. The van der Waals surface area contributed by atoms with E-state index in [-0.39, 0.29) is 0 Å². The third kappa shape index (κ3) is 3.33. The van der Waals surface area contributed by atoms with Crippen LogP contribution in [0.4, 0.5) is 0 Å². The van der Waals surface area contributed by atoms with Gasteiger partial charge in [0.25, 0.3) is 0 Å². The average Bonchev–Trinajstić information content (AvgIpc) is 2.51. The molecule has 2 fully saturated rings. The molecule has 2 aliphatic rings. The highest BCUT2D eigenvalue weighted by atomic mass is 16.5. The number of likely N-dealkylation sites (tertiary alicyclic amines) is 1. The quantitative estimate of drug-likeness (QED) is 0.917. The summed E-state index contributed by atoms with van der Waals surface area (Å²) < 4.78 is 6.34. The lowest BCUT2D eigenvalue weighted by molar-refractivity contribution is 0.112. The van der Waals surface area contributed by atoms with Crippen LogP contribution in [0.3, 0.4) is 0 Å². The van der Waals surface area contributed by atoms with Crippen LogP contribution in [0.15, 0.2) is 24.3 Å². The van der Waals surface area contributed by atoms with Crippen LogP contribution in [0.25, 0.3) is 0 Å². The van der Waals surface area contributed by atoms with E-state index in [1.807, 2.05) is 0 Å². The predicted octanol–water partition coefficient (Wildman–Crippen LogP) is 2.63. The first-order valence-electron chi connectivity index (χ1n) is 7.98. The van der Waals surface area contributed by atoms with Crippen molar-refractivity contribution in [2.24, 2.45) is 0 Å². The van der Waals surface area contributed by atoms with Crippen molar-refractivity contribution in [3.63, 3.8) is 0 Å². The number of rotatable bonds is 3. The average molecular weight is 274 g/mol. The number of ether oxygens (including phenoxy) is 1. The Labute approximate surface area is 122 Å². The van der Waals surface area contributed by atoms with Crippen LogP contribution in [-0.4, -0.2) is 44.2 Å². The van der Waals surface area contributed by atoms with Crippen molar-refractivity contribution >= 4 is 0 Å². The summed E-state index contributed by atoms with van der Waals surface area (Å²) in [7, 11) is 2.19. The van der Waals surface area contributed by atoms with Crippen molar-refractivity contribution < 1.29 is 4.74 Å². The minimum Gasteiger partial charge on any atom is -0.490 e. The first kappa shape index (κ1) is 13.9. The molecule has 110 valence electrons. The lowest BCUT2D eigenvalue weighted by Gasteiger charge is -2.31. The Kier molecular flexibility index (Phi) is 4.58. The van der Waals surface area contributed by atoms with E-state index in [2.05, 4.69) is 41.5 Å². The zero-order valence-electron chi connectivity index (χ0n) is 12.5. The number of nitrogens with zero attached hydrogens (tertiary/aromatic N) is 1. The van der Waals surface area contributed by atoms with Gasteiger partial charge in [-0.1, -0.05) is 18.2 Å². The zero-order chi connectivity index (χ0) is 13.8. The number of hydrogen-bond acceptors (Lipinski definition) is 3. The second kappa shape index (κ2) is 6.59. The minimum absolute atomic E-state index is 0.397. The van der Waals surface area contributed by atoms with Gasteiger partial charge in [0.1, 0.15) is 11.9 Å². The summed E-state index contributed by atoms with van der Waals surface area (Å²) >= 11 is 0. The fourth-order valence-electron chi connectivity index (χ4n) is 3.34. The number of hydrogen-bond donors (Lipinski definition) is 1. The van der Waals surface area contributed by atoms with Crippen molar-refractivity contribution in [1.82, 2.24) is 10.2 Å². The maximum absolute atomic E-state index is 6.34. The van der Waals surface area contributed by atoms with Crippen LogP contribution in [0.5, 0.6) is 5.75 Å². The SMILES string of the molecule is CN1CCC(Oc2ccccc2C2CCNCC2)CC1. The lowest BCUT2D eigenvalue weighted by atomic mass is 9.89. The molecule has 20 heavy (non-hydrogen) atoms. The normalized spacial score (nSPS) is 22.9. The van der Waals surface area contributed by atoms with Crippen LogP contribution in [0.2, 0.25) is 0 Å². The maximum Gasteiger partial charge on any atom is 0.123 e. The Morgan fingerprint density at radius 1 is 1.05 bits per heavy atom. The Morgan fingerprint density at radius 3 is 2.50 bits per heavy atom. The van der Waals surface area contributed by atoms with Gasteiger partial charge in [-0.2, -0.15) is 0 Å². The summed E-state index contributed by atoms with van der Waals surface area (Å²) in [6.07, 6.45) is 5.16. The molecule has 0 atom stereocenters. The predicted molar refractivity (Wildman–Crippen MR) is 82.4 cm³/mol. The Bertz CT molecular complexity index is 421. The van der Waals surface area contributed by atoms with E-state index < -0.39 is 0 Å². The Hall–Kier alpha value is -1.06. The van der Waals surface area contributed by atoms with Gasteiger partial charge >= 0.3 is 0 Å². The molecule has 0 unspecified atom stereocenters. The third-order valence-corrected chi connectivity index (χ3v) is 4.66. The summed E-state index contributed by atoms with van der Waals surface area (Å²) in [6.45, 7) is 4.57.